The van der Waals surface area contributed by atoms with E-state index in [0.717, 1.165) is 25.7 Å². The van der Waals surface area contributed by atoms with Crippen LogP contribution in [0.3, 0.4) is 0 Å². The van der Waals surface area contributed by atoms with Gasteiger partial charge in [-0.15, -0.1) is 0 Å². The number of benzene rings is 3. The first-order chi connectivity index (χ1) is 17.4. The maximum atomic E-state index is 2.48. The second kappa shape index (κ2) is 9.94. The Morgan fingerprint density at radius 2 is 1.25 bits per heavy atom. The van der Waals surface area contributed by atoms with Gasteiger partial charge < -0.3 is 0 Å². The first kappa shape index (κ1) is 24.3. The molecule has 0 heterocycles. The number of allylic oxidation sites excluding steroid dienone is 8. The number of rotatable bonds is 4. The van der Waals surface area contributed by atoms with Crippen molar-refractivity contribution >= 4 is 11.1 Å². The van der Waals surface area contributed by atoms with Gasteiger partial charge in [0.25, 0.3) is 0 Å². The van der Waals surface area contributed by atoms with Crippen molar-refractivity contribution in [2.24, 2.45) is 0 Å². The SMILES string of the molecule is CC1=CCCC=C1c1c(C)c(C2=C(C)CCC=C2)cc(-c2cccc(-c3ccccc3C)c2C)c1C. The lowest BCUT2D eigenvalue weighted by Crippen LogP contribution is -2.05. The lowest BCUT2D eigenvalue weighted by molar-refractivity contribution is 0.966. The summed E-state index contributed by atoms with van der Waals surface area (Å²) in [5.41, 5.74) is 19.4. The Hall–Kier alpha value is -3.38. The van der Waals surface area contributed by atoms with Crippen LogP contribution in [0.15, 0.2) is 84.0 Å². The van der Waals surface area contributed by atoms with Gasteiger partial charge in [-0.2, -0.15) is 0 Å². The van der Waals surface area contributed by atoms with Crippen molar-refractivity contribution in [3.8, 4) is 22.3 Å². The summed E-state index contributed by atoms with van der Waals surface area (Å²) in [6, 6.07) is 18.1. The van der Waals surface area contributed by atoms with Crippen LogP contribution < -0.4 is 0 Å². The van der Waals surface area contributed by atoms with Crippen LogP contribution in [-0.2, 0) is 0 Å². The molecule has 36 heavy (non-hydrogen) atoms. The Morgan fingerprint density at radius 1 is 0.583 bits per heavy atom. The van der Waals surface area contributed by atoms with Crippen molar-refractivity contribution < 1.29 is 0 Å². The molecule has 0 radical (unpaired) electrons. The van der Waals surface area contributed by atoms with Gasteiger partial charge in [0.1, 0.15) is 0 Å². The Morgan fingerprint density at radius 3 is 1.97 bits per heavy atom. The lowest BCUT2D eigenvalue weighted by Gasteiger charge is -2.26. The van der Waals surface area contributed by atoms with Gasteiger partial charge in [-0.3, -0.25) is 0 Å². The summed E-state index contributed by atoms with van der Waals surface area (Å²) < 4.78 is 0. The second-order valence-corrected chi connectivity index (χ2v) is 10.6. The van der Waals surface area contributed by atoms with Gasteiger partial charge in [0, 0.05) is 0 Å². The average molecular weight is 471 g/mol. The zero-order chi connectivity index (χ0) is 25.4. The highest BCUT2D eigenvalue weighted by molar-refractivity contribution is 5.93. The molecule has 0 saturated carbocycles. The third-order valence-corrected chi connectivity index (χ3v) is 8.29. The average Bonchev–Trinajstić information content (AvgIpc) is 2.87. The molecule has 0 unspecified atom stereocenters. The fraction of sp³-hybridized carbons (Fsp3) is 0.278. The molecule has 0 aliphatic heterocycles. The van der Waals surface area contributed by atoms with Crippen LogP contribution >= 0.6 is 0 Å². The molecule has 182 valence electrons. The van der Waals surface area contributed by atoms with E-state index >= 15 is 0 Å². The molecule has 3 aromatic rings. The standard InChI is InChI=1S/C36H38/c1-23-14-7-10-17-29(23)32-20-13-21-33(26(32)4)35-22-34(30-18-11-8-15-24(30)2)27(5)36(28(35)6)31-19-12-9-16-25(31)3/h7,10-11,13-14,16-22H,8-9,12,15H2,1-6H3. The third kappa shape index (κ3) is 4.24. The van der Waals surface area contributed by atoms with Gasteiger partial charge in [-0.25, -0.2) is 0 Å². The lowest BCUT2D eigenvalue weighted by atomic mass is 9.78. The van der Waals surface area contributed by atoms with E-state index in [1.807, 2.05) is 0 Å². The predicted octanol–water partition coefficient (Wildman–Crippen LogP) is 10.5. The van der Waals surface area contributed by atoms with Gasteiger partial charge >= 0.3 is 0 Å². The van der Waals surface area contributed by atoms with Crippen LogP contribution in [0.1, 0.15) is 72.9 Å². The molecule has 0 atom stereocenters. The van der Waals surface area contributed by atoms with E-state index in [-0.39, 0.29) is 0 Å². The molecular formula is C36H38. The minimum absolute atomic E-state index is 1.12. The molecular weight excluding hydrogens is 432 g/mol. The van der Waals surface area contributed by atoms with E-state index < -0.39 is 0 Å². The van der Waals surface area contributed by atoms with Crippen molar-refractivity contribution in [3.05, 3.63) is 117 Å². The fourth-order valence-corrected chi connectivity index (χ4v) is 6.16. The molecule has 0 N–H and O–H groups in total. The number of hydrogen-bond acceptors (Lipinski definition) is 0. The van der Waals surface area contributed by atoms with E-state index in [4.69, 9.17) is 0 Å². The Bertz CT molecular complexity index is 1470. The summed E-state index contributed by atoms with van der Waals surface area (Å²) >= 11 is 0. The Kier molecular flexibility index (Phi) is 6.71. The molecule has 0 aromatic heterocycles. The van der Waals surface area contributed by atoms with Crippen LogP contribution in [0, 0.1) is 27.7 Å². The Labute approximate surface area is 217 Å². The summed E-state index contributed by atoms with van der Waals surface area (Å²) in [5, 5.41) is 0. The van der Waals surface area contributed by atoms with Crippen LogP contribution in [0.4, 0.5) is 0 Å². The van der Waals surface area contributed by atoms with E-state index in [2.05, 4.69) is 114 Å². The monoisotopic (exact) mass is 470 g/mol. The summed E-state index contributed by atoms with van der Waals surface area (Å²) in [4.78, 5) is 0. The van der Waals surface area contributed by atoms with Gasteiger partial charge in [-0.05, 0) is 146 Å². The smallest absolute Gasteiger partial charge is 0.0114 e. The van der Waals surface area contributed by atoms with Crippen LogP contribution in [-0.4, -0.2) is 0 Å². The largest absolute Gasteiger partial charge is 0.0836 e. The zero-order valence-electron chi connectivity index (χ0n) is 22.8. The molecule has 2 aliphatic carbocycles. The minimum atomic E-state index is 1.12. The first-order valence-electron chi connectivity index (χ1n) is 13.4. The van der Waals surface area contributed by atoms with Crippen LogP contribution in [0.5, 0.6) is 0 Å². The molecule has 0 saturated heterocycles. The molecule has 0 nitrogen and oxygen atoms in total. The number of hydrogen-bond donors (Lipinski definition) is 0. The molecule has 0 amide bonds. The summed E-state index contributed by atoms with van der Waals surface area (Å²) in [5.74, 6) is 0. The summed E-state index contributed by atoms with van der Waals surface area (Å²) in [6.07, 6.45) is 14.1. The van der Waals surface area contributed by atoms with E-state index in [0.29, 0.717) is 0 Å². The summed E-state index contributed by atoms with van der Waals surface area (Å²) in [7, 11) is 0. The van der Waals surface area contributed by atoms with E-state index in [9.17, 15) is 0 Å². The third-order valence-electron chi connectivity index (χ3n) is 8.29. The van der Waals surface area contributed by atoms with Crippen molar-refractivity contribution in [2.75, 3.05) is 0 Å². The highest BCUT2D eigenvalue weighted by atomic mass is 14.3. The van der Waals surface area contributed by atoms with Gasteiger partial charge in [0.05, 0.1) is 0 Å². The van der Waals surface area contributed by atoms with Crippen LogP contribution in [0.2, 0.25) is 0 Å². The van der Waals surface area contributed by atoms with Crippen molar-refractivity contribution in [2.45, 2.75) is 67.2 Å². The predicted molar refractivity (Wildman–Crippen MR) is 158 cm³/mol. The molecule has 3 aromatic carbocycles. The molecule has 0 heteroatoms. The highest BCUT2D eigenvalue weighted by Gasteiger charge is 2.22. The van der Waals surface area contributed by atoms with Crippen LogP contribution in [0.25, 0.3) is 33.4 Å². The quantitative estimate of drug-likeness (QED) is 0.356. The second-order valence-electron chi connectivity index (χ2n) is 10.6. The van der Waals surface area contributed by atoms with Crippen molar-refractivity contribution in [1.29, 1.82) is 0 Å². The molecule has 5 rings (SSSR count). The maximum Gasteiger partial charge on any atom is -0.0114 e. The Balaban J connectivity index is 1.81. The fourth-order valence-electron chi connectivity index (χ4n) is 6.16. The topological polar surface area (TPSA) is 0 Å². The number of aryl methyl sites for hydroxylation is 1. The van der Waals surface area contributed by atoms with Crippen molar-refractivity contribution in [3.63, 3.8) is 0 Å². The highest BCUT2D eigenvalue weighted by Crippen LogP contribution is 2.43. The maximum absolute atomic E-state index is 2.48. The first-order valence-corrected chi connectivity index (χ1v) is 13.4. The van der Waals surface area contributed by atoms with Gasteiger partial charge in [0.15, 0.2) is 0 Å². The zero-order valence-corrected chi connectivity index (χ0v) is 22.8. The van der Waals surface area contributed by atoms with Gasteiger partial charge in [-0.1, -0.05) is 72.3 Å². The van der Waals surface area contributed by atoms with E-state index in [1.54, 1.807) is 0 Å². The minimum Gasteiger partial charge on any atom is -0.0836 e. The summed E-state index contributed by atoms with van der Waals surface area (Å²) in [6.45, 7) is 13.8. The molecule has 2 aliphatic rings. The van der Waals surface area contributed by atoms with Crippen molar-refractivity contribution in [1.82, 2.24) is 0 Å². The molecule has 0 fully saturated rings. The normalized spacial score (nSPS) is 15.7. The van der Waals surface area contributed by atoms with Gasteiger partial charge in [0.2, 0.25) is 0 Å². The molecule has 0 spiro atoms. The van der Waals surface area contributed by atoms with E-state index in [1.165, 1.54) is 77.9 Å². The molecule has 0 bridgehead atoms.